The van der Waals surface area contributed by atoms with E-state index in [1.54, 1.807) is 32.0 Å². The minimum atomic E-state index is -4.90. The number of likely N-dealkylation sites (N-methyl/N-ethyl adjacent to an activating group) is 2. The van der Waals surface area contributed by atoms with E-state index >= 15 is 4.39 Å². The van der Waals surface area contributed by atoms with E-state index in [9.17, 15) is 46.7 Å². The normalized spacial score (nSPS) is 27.6. The SMILES string of the molecule is Cc1ccc(Cl)cc1C[C@H]1C(=O)NC(C)(C)C(=O)NCCCC[C@H](N(C)C(=O)[C@@H](NC(=O)[C@@H]2C[C@@H](F)CN2C(=O)C2(C(F)(F)F)CC3(CCC3)C2)C2CC2)C(=O)N[C@@H](CC(C)C)C(=O)N1C. The number of carbonyl (C=O) groups is 7. The van der Waals surface area contributed by atoms with Crippen LogP contribution in [-0.2, 0) is 40.0 Å². The van der Waals surface area contributed by atoms with E-state index in [2.05, 4.69) is 21.3 Å². The molecule has 14 nitrogen and oxygen atoms in total. The number of amides is 7. The zero-order chi connectivity index (χ0) is 48.7. The van der Waals surface area contributed by atoms with Crippen molar-refractivity contribution in [1.29, 1.82) is 0 Å². The first-order valence-electron chi connectivity index (χ1n) is 23.3. The molecule has 2 heterocycles. The van der Waals surface area contributed by atoms with Crippen LogP contribution >= 0.6 is 11.6 Å². The summed E-state index contributed by atoms with van der Waals surface area (Å²) < 4.78 is 59.1. The molecule has 6 atom stereocenters. The molecule has 5 fully saturated rings. The predicted molar refractivity (Wildman–Crippen MR) is 237 cm³/mol. The molecule has 0 bridgehead atoms. The van der Waals surface area contributed by atoms with E-state index in [4.69, 9.17) is 11.6 Å². The summed E-state index contributed by atoms with van der Waals surface area (Å²) in [6, 6.07) is -1.17. The van der Waals surface area contributed by atoms with Gasteiger partial charge in [0.05, 0.1) is 6.54 Å². The highest BCUT2D eigenvalue weighted by Gasteiger charge is 2.73. The van der Waals surface area contributed by atoms with Gasteiger partial charge in [0.15, 0.2) is 0 Å². The van der Waals surface area contributed by atoms with Crippen molar-refractivity contribution in [3.05, 3.63) is 34.3 Å². The summed E-state index contributed by atoms with van der Waals surface area (Å²) in [5.41, 5.74) is -3.17. The molecule has 66 heavy (non-hydrogen) atoms. The number of hydrogen-bond donors (Lipinski definition) is 4. The smallest absolute Gasteiger partial charge is 0.354 e. The van der Waals surface area contributed by atoms with Crippen molar-refractivity contribution < 1.29 is 51.1 Å². The van der Waals surface area contributed by atoms with E-state index < -0.39 is 132 Å². The molecule has 0 aromatic heterocycles. The summed E-state index contributed by atoms with van der Waals surface area (Å²) in [5, 5.41) is 11.6. The van der Waals surface area contributed by atoms with Crippen LogP contribution in [0.2, 0.25) is 5.02 Å². The Bertz CT molecular complexity index is 2050. The van der Waals surface area contributed by atoms with Crippen molar-refractivity contribution in [2.75, 3.05) is 27.2 Å². The Balaban J connectivity index is 1.24. The third kappa shape index (κ3) is 10.8. The molecule has 4 N–H and O–H groups in total. The van der Waals surface area contributed by atoms with Gasteiger partial charge in [0.1, 0.15) is 47.3 Å². The second-order valence-corrected chi connectivity index (χ2v) is 21.1. The van der Waals surface area contributed by atoms with Gasteiger partial charge in [-0.05, 0) is 125 Å². The van der Waals surface area contributed by atoms with Crippen molar-refractivity contribution in [3.63, 3.8) is 0 Å². The van der Waals surface area contributed by atoms with Gasteiger partial charge in [0, 0.05) is 38.5 Å². The molecule has 3 aliphatic carbocycles. The maximum absolute atomic E-state index is 15.1. The van der Waals surface area contributed by atoms with Gasteiger partial charge < -0.3 is 36.0 Å². The molecule has 5 aliphatic rings. The van der Waals surface area contributed by atoms with Crippen molar-refractivity contribution in [1.82, 2.24) is 36.0 Å². The highest BCUT2D eigenvalue weighted by atomic mass is 35.5. The Morgan fingerprint density at radius 2 is 1.67 bits per heavy atom. The quantitative estimate of drug-likeness (QED) is 0.241. The maximum atomic E-state index is 15.1. The van der Waals surface area contributed by atoms with E-state index in [0.717, 1.165) is 12.0 Å². The number of alkyl halides is 4. The van der Waals surface area contributed by atoms with Gasteiger partial charge in [-0.1, -0.05) is 37.9 Å². The van der Waals surface area contributed by atoms with Crippen LogP contribution < -0.4 is 21.3 Å². The Kier molecular flexibility index (Phi) is 15.1. The number of nitrogens with one attached hydrogen (secondary N) is 4. The highest BCUT2D eigenvalue weighted by Crippen LogP contribution is 2.69. The van der Waals surface area contributed by atoms with Crippen LogP contribution in [-0.4, -0.2) is 131 Å². The van der Waals surface area contributed by atoms with Crippen molar-refractivity contribution in [3.8, 4) is 0 Å². The molecule has 2 saturated heterocycles. The molecule has 1 aromatic carbocycles. The van der Waals surface area contributed by atoms with Gasteiger partial charge in [-0.3, -0.25) is 33.6 Å². The molecule has 1 aromatic rings. The topological polar surface area (TPSA) is 177 Å². The third-order valence-corrected chi connectivity index (χ3v) is 14.9. The molecule has 6 rings (SSSR count). The van der Waals surface area contributed by atoms with E-state index in [0.29, 0.717) is 54.0 Å². The summed E-state index contributed by atoms with van der Waals surface area (Å²) >= 11 is 6.34. The maximum Gasteiger partial charge on any atom is 0.403 e. The fraction of sp³-hybridized carbons (Fsp3) is 0.723. The molecule has 3 saturated carbocycles. The lowest BCUT2D eigenvalue weighted by Crippen LogP contribution is -2.66. The summed E-state index contributed by atoms with van der Waals surface area (Å²) in [4.78, 5) is 102. The lowest BCUT2D eigenvalue weighted by Gasteiger charge is -2.60. The van der Waals surface area contributed by atoms with E-state index in [1.807, 2.05) is 20.8 Å². The molecule has 7 amide bonds. The Morgan fingerprint density at radius 3 is 2.26 bits per heavy atom. The van der Waals surface area contributed by atoms with Gasteiger partial charge >= 0.3 is 6.18 Å². The van der Waals surface area contributed by atoms with Crippen LogP contribution in [0.1, 0.15) is 116 Å². The van der Waals surface area contributed by atoms with Crippen LogP contribution in [0.3, 0.4) is 0 Å². The summed E-state index contributed by atoms with van der Waals surface area (Å²) in [6.07, 6.45) is -4.11. The number of rotatable bonds is 10. The molecule has 0 radical (unpaired) electrons. The molecule has 2 aliphatic heterocycles. The first-order valence-corrected chi connectivity index (χ1v) is 23.7. The van der Waals surface area contributed by atoms with Crippen LogP contribution in [0.4, 0.5) is 17.6 Å². The third-order valence-electron chi connectivity index (χ3n) is 14.7. The number of carbonyl (C=O) groups excluding carboxylic acids is 7. The van der Waals surface area contributed by atoms with Crippen LogP contribution in [0, 0.1) is 29.6 Å². The second kappa shape index (κ2) is 19.6. The Labute approximate surface area is 389 Å². The van der Waals surface area contributed by atoms with Gasteiger partial charge in [0.2, 0.25) is 41.4 Å². The Hall–Kier alpha value is -4.48. The first-order chi connectivity index (χ1) is 30.8. The number of hydrogen-bond acceptors (Lipinski definition) is 7. The average Bonchev–Trinajstić information content (AvgIpc) is 3.97. The standard InChI is InChI=1S/C47H66ClF4N7O7/c1-26(2)19-32-40(63)58(7)34(21-29-20-30(48)15-12-27(29)3)39(62)56-44(4,5)42(65)53-18-9-8-11-33(37(60)54-32)57(6)41(64)36(28-13-14-28)55-38(61)35-22-31(49)23-59(35)43(66)46(47(50,51)52)24-45(25-46)16-10-17-45/h12,15,20,26,28,31-36H,8-11,13-14,16-19,21-25H2,1-7H3,(H,53,65)(H,54,60)(H,55,61)(H,56,62)/t31-,32+,33+,34+,35+,36+/m1/s1. The largest absolute Gasteiger partial charge is 0.403 e. The minimum absolute atomic E-state index is 0.0251. The monoisotopic (exact) mass is 951 g/mol. The number of aryl methyl sites for hydroxylation is 1. The van der Waals surface area contributed by atoms with Crippen LogP contribution in [0.15, 0.2) is 18.2 Å². The van der Waals surface area contributed by atoms with Gasteiger partial charge in [-0.25, -0.2) is 4.39 Å². The number of halogens is 5. The molecule has 366 valence electrons. The van der Waals surface area contributed by atoms with Gasteiger partial charge in [0.25, 0.3) is 0 Å². The molecule has 19 heteroatoms. The van der Waals surface area contributed by atoms with Gasteiger partial charge in [-0.15, -0.1) is 0 Å². The molecule has 1 spiro atoms. The number of nitrogens with zero attached hydrogens (tertiary/aromatic N) is 3. The summed E-state index contributed by atoms with van der Waals surface area (Å²) in [5.74, 6) is -5.85. The molecular weight excluding hydrogens is 886 g/mol. The first kappa shape index (κ1) is 50.9. The van der Waals surface area contributed by atoms with Crippen molar-refractivity contribution in [2.45, 2.75) is 166 Å². The average molecular weight is 953 g/mol. The van der Waals surface area contributed by atoms with E-state index in [-0.39, 0.29) is 31.7 Å². The zero-order valence-electron chi connectivity index (χ0n) is 39.0. The van der Waals surface area contributed by atoms with Crippen molar-refractivity contribution >= 4 is 53.0 Å². The van der Waals surface area contributed by atoms with Gasteiger partial charge in [-0.2, -0.15) is 13.2 Å². The summed E-state index contributed by atoms with van der Waals surface area (Å²) in [6.45, 7) is 8.14. The second-order valence-electron chi connectivity index (χ2n) is 20.7. The predicted octanol–water partition coefficient (Wildman–Crippen LogP) is 4.92. The fourth-order valence-corrected chi connectivity index (χ4v) is 10.6. The fourth-order valence-electron chi connectivity index (χ4n) is 10.4. The lowest BCUT2D eigenvalue weighted by atomic mass is 9.44. The van der Waals surface area contributed by atoms with E-state index in [1.165, 1.54) is 23.9 Å². The minimum Gasteiger partial charge on any atom is -0.354 e. The molecular formula is C47H66ClF4N7O7. The zero-order valence-corrected chi connectivity index (χ0v) is 39.8. The Morgan fingerprint density at radius 1 is 1.00 bits per heavy atom. The number of benzene rings is 1. The van der Waals surface area contributed by atoms with Crippen LogP contribution in [0.25, 0.3) is 0 Å². The molecule has 0 unspecified atom stereocenters. The lowest BCUT2D eigenvalue weighted by molar-refractivity contribution is -0.285. The summed E-state index contributed by atoms with van der Waals surface area (Å²) in [7, 11) is 2.83. The van der Waals surface area contributed by atoms with Crippen LogP contribution in [0.5, 0.6) is 0 Å². The number of likely N-dealkylation sites (tertiary alicyclic amines) is 1. The highest BCUT2D eigenvalue weighted by molar-refractivity contribution is 6.30. The van der Waals surface area contributed by atoms with Crippen molar-refractivity contribution in [2.24, 2.45) is 22.7 Å².